The molecule has 0 aromatic heterocycles. The first-order chi connectivity index (χ1) is 8.18. The maximum absolute atomic E-state index is 11.8. The van der Waals surface area contributed by atoms with E-state index < -0.39 is 11.8 Å². The summed E-state index contributed by atoms with van der Waals surface area (Å²) >= 11 is 0. The molecule has 1 aromatic carbocycles. The van der Waals surface area contributed by atoms with Gasteiger partial charge in [0.25, 0.3) is 11.8 Å². The van der Waals surface area contributed by atoms with Gasteiger partial charge in [0.2, 0.25) is 0 Å². The van der Waals surface area contributed by atoms with E-state index >= 15 is 0 Å². The van der Waals surface area contributed by atoms with Gasteiger partial charge in [-0.25, -0.2) is 0 Å². The largest absolute Gasteiger partial charge is 0.362 e. The van der Waals surface area contributed by atoms with E-state index in [-0.39, 0.29) is 25.5 Å². The van der Waals surface area contributed by atoms with Crippen LogP contribution in [0.2, 0.25) is 0 Å². The average Bonchev–Trinajstić information content (AvgIpc) is 2.35. The van der Waals surface area contributed by atoms with E-state index in [1.54, 1.807) is 30.3 Å². The highest BCUT2D eigenvalue weighted by atomic mass is 16.5. The van der Waals surface area contributed by atoms with Crippen LogP contribution in [-0.4, -0.2) is 42.3 Å². The van der Waals surface area contributed by atoms with Crippen molar-refractivity contribution in [3.63, 3.8) is 0 Å². The Morgan fingerprint density at radius 2 is 1.71 bits per heavy atom. The average molecular weight is 233 g/mol. The molecule has 5 nitrogen and oxygen atoms in total. The molecule has 1 aromatic rings. The predicted molar refractivity (Wildman–Crippen MR) is 58.3 cm³/mol. The van der Waals surface area contributed by atoms with Crippen LogP contribution >= 0.6 is 0 Å². The Balaban J connectivity index is 2.08. The van der Waals surface area contributed by atoms with Crippen molar-refractivity contribution in [3.05, 3.63) is 35.9 Å². The third-order valence-electron chi connectivity index (χ3n) is 2.45. The van der Waals surface area contributed by atoms with E-state index in [0.717, 1.165) is 4.90 Å². The third-order valence-corrected chi connectivity index (χ3v) is 2.45. The number of hydrogen-bond acceptors (Lipinski definition) is 4. The van der Waals surface area contributed by atoms with Gasteiger partial charge in [-0.15, -0.1) is 0 Å². The van der Waals surface area contributed by atoms with E-state index in [1.807, 2.05) is 0 Å². The molecule has 1 saturated heterocycles. The van der Waals surface area contributed by atoms with Crippen molar-refractivity contribution in [1.29, 1.82) is 0 Å². The van der Waals surface area contributed by atoms with Gasteiger partial charge in [0.15, 0.2) is 5.78 Å². The number of ether oxygens (including phenoxy) is 1. The fraction of sp³-hybridized carbons (Fsp3) is 0.250. The quantitative estimate of drug-likeness (QED) is 0.554. The van der Waals surface area contributed by atoms with E-state index in [4.69, 9.17) is 4.74 Å². The molecule has 0 saturated carbocycles. The number of nitrogens with zero attached hydrogens (tertiary/aromatic N) is 1. The van der Waals surface area contributed by atoms with Gasteiger partial charge in [0.1, 0.15) is 13.2 Å². The summed E-state index contributed by atoms with van der Waals surface area (Å²) in [4.78, 5) is 35.6. The van der Waals surface area contributed by atoms with Gasteiger partial charge in [0.05, 0.1) is 6.54 Å². The topological polar surface area (TPSA) is 63.7 Å². The van der Waals surface area contributed by atoms with Crippen LogP contribution in [0.5, 0.6) is 0 Å². The van der Waals surface area contributed by atoms with Crippen LogP contribution in [-0.2, 0) is 14.3 Å². The van der Waals surface area contributed by atoms with E-state index in [1.165, 1.54) is 0 Å². The fourth-order valence-electron chi connectivity index (χ4n) is 1.56. The van der Waals surface area contributed by atoms with Gasteiger partial charge in [0, 0.05) is 5.56 Å². The molecule has 88 valence electrons. The smallest absolute Gasteiger partial charge is 0.255 e. The van der Waals surface area contributed by atoms with Crippen LogP contribution < -0.4 is 0 Å². The highest BCUT2D eigenvalue weighted by Gasteiger charge is 2.28. The van der Waals surface area contributed by atoms with Crippen molar-refractivity contribution in [1.82, 2.24) is 4.90 Å². The normalized spacial score (nSPS) is 16.1. The summed E-state index contributed by atoms with van der Waals surface area (Å²) in [6.45, 7) is -0.507. The van der Waals surface area contributed by atoms with Crippen LogP contribution in [0.25, 0.3) is 0 Å². The molecule has 1 aliphatic rings. The minimum Gasteiger partial charge on any atom is -0.362 e. The van der Waals surface area contributed by atoms with Crippen LogP contribution in [0.4, 0.5) is 0 Å². The second kappa shape index (κ2) is 4.88. The lowest BCUT2D eigenvalue weighted by molar-refractivity contribution is -0.157. The maximum Gasteiger partial charge on any atom is 0.255 e. The molecule has 1 heterocycles. The minimum atomic E-state index is -0.467. The number of hydrogen-bond donors (Lipinski definition) is 0. The molecule has 2 amide bonds. The molecule has 0 atom stereocenters. The molecule has 0 unspecified atom stereocenters. The van der Waals surface area contributed by atoms with Crippen LogP contribution in [0.1, 0.15) is 10.4 Å². The predicted octanol–water partition coefficient (Wildman–Crippen LogP) is 0.255. The lowest BCUT2D eigenvalue weighted by atomic mass is 10.1. The van der Waals surface area contributed by atoms with Crippen LogP contribution in [0, 0.1) is 0 Å². The molecule has 0 bridgehead atoms. The summed E-state index contributed by atoms with van der Waals surface area (Å²) in [5.41, 5.74) is 0.486. The van der Waals surface area contributed by atoms with Gasteiger partial charge >= 0.3 is 0 Å². The highest BCUT2D eigenvalue weighted by Crippen LogP contribution is 2.05. The van der Waals surface area contributed by atoms with E-state index in [9.17, 15) is 14.4 Å². The molecule has 0 aliphatic carbocycles. The standard InChI is InChI=1S/C12H11NO4/c14-10(9-4-2-1-3-5-9)6-13-11(15)7-17-8-12(13)16/h1-5H,6-8H2. The molecule has 0 N–H and O–H groups in total. The summed E-state index contributed by atoms with van der Waals surface area (Å²) in [6, 6.07) is 8.56. The lowest BCUT2D eigenvalue weighted by Crippen LogP contribution is -2.48. The van der Waals surface area contributed by atoms with Gasteiger partial charge in [-0.05, 0) is 0 Å². The first-order valence-corrected chi connectivity index (χ1v) is 5.17. The number of ketones is 1. The van der Waals surface area contributed by atoms with E-state index in [2.05, 4.69) is 0 Å². The Morgan fingerprint density at radius 1 is 1.12 bits per heavy atom. The number of morpholine rings is 1. The first-order valence-electron chi connectivity index (χ1n) is 5.17. The number of amides is 2. The van der Waals surface area contributed by atoms with Gasteiger partial charge in [-0.1, -0.05) is 30.3 Å². The SMILES string of the molecule is O=C(CN1C(=O)COCC1=O)c1ccccc1. The minimum absolute atomic E-state index is 0.145. The van der Waals surface area contributed by atoms with E-state index in [0.29, 0.717) is 5.56 Å². The van der Waals surface area contributed by atoms with Crippen LogP contribution in [0.15, 0.2) is 30.3 Å². The van der Waals surface area contributed by atoms with Crippen molar-refractivity contribution in [3.8, 4) is 0 Å². The van der Waals surface area contributed by atoms with Gasteiger partial charge < -0.3 is 4.74 Å². The number of benzene rings is 1. The molecule has 2 rings (SSSR count). The Bertz CT molecular complexity index is 439. The number of rotatable bonds is 3. The summed E-state index contributed by atoms with van der Waals surface area (Å²) in [6.07, 6.45) is 0. The number of imide groups is 1. The zero-order chi connectivity index (χ0) is 12.3. The molecule has 0 spiro atoms. The fourth-order valence-corrected chi connectivity index (χ4v) is 1.56. The third kappa shape index (κ3) is 2.57. The summed E-state index contributed by atoms with van der Waals surface area (Å²) < 4.78 is 4.76. The monoisotopic (exact) mass is 233 g/mol. The molecule has 5 heteroatoms. The lowest BCUT2D eigenvalue weighted by Gasteiger charge is -2.24. The maximum atomic E-state index is 11.8. The molecule has 1 fully saturated rings. The van der Waals surface area contributed by atoms with Crippen molar-refractivity contribution in [2.24, 2.45) is 0 Å². The van der Waals surface area contributed by atoms with Crippen molar-refractivity contribution in [2.45, 2.75) is 0 Å². The Morgan fingerprint density at radius 3 is 2.29 bits per heavy atom. The van der Waals surface area contributed by atoms with Crippen molar-refractivity contribution in [2.75, 3.05) is 19.8 Å². The summed E-state index contributed by atoms with van der Waals surface area (Å²) in [5.74, 6) is -1.19. The number of carbonyl (C=O) groups excluding carboxylic acids is 3. The second-order valence-electron chi connectivity index (χ2n) is 3.66. The molecular weight excluding hydrogens is 222 g/mol. The van der Waals surface area contributed by atoms with Gasteiger partial charge in [-0.2, -0.15) is 0 Å². The van der Waals surface area contributed by atoms with Crippen LogP contribution in [0.3, 0.4) is 0 Å². The zero-order valence-electron chi connectivity index (χ0n) is 9.09. The zero-order valence-corrected chi connectivity index (χ0v) is 9.09. The summed E-state index contributed by atoms with van der Waals surface area (Å²) in [5, 5.41) is 0. The molecule has 17 heavy (non-hydrogen) atoms. The second-order valence-corrected chi connectivity index (χ2v) is 3.66. The summed E-state index contributed by atoms with van der Waals surface area (Å²) in [7, 11) is 0. The molecule has 1 aliphatic heterocycles. The van der Waals surface area contributed by atoms with Crippen molar-refractivity contribution >= 4 is 17.6 Å². The van der Waals surface area contributed by atoms with Gasteiger partial charge in [-0.3, -0.25) is 19.3 Å². The molecule has 0 radical (unpaired) electrons. The Hall–Kier alpha value is -2.01. The van der Waals surface area contributed by atoms with Crippen molar-refractivity contribution < 1.29 is 19.1 Å². The number of Topliss-reactive ketones (excluding diaryl/α,β-unsaturated/α-hetero) is 1. The Kier molecular flexibility index (Phi) is 3.30. The highest BCUT2D eigenvalue weighted by molar-refractivity contribution is 6.05. The Labute approximate surface area is 98.0 Å². The molecular formula is C12H11NO4. The first kappa shape index (κ1) is 11.5. The number of carbonyl (C=O) groups is 3.